The average Bonchev–Trinajstić information content (AvgIpc) is 2.60. The Morgan fingerprint density at radius 1 is 1.33 bits per heavy atom. The predicted molar refractivity (Wildman–Crippen MR) is 85.9 cm³/mol. The van der Waals surface area contributed by atoms with Crippen molar-refractivity contribution in [3.8, 4) is 11.5 Å². The molecule has 21 heavy (non-hydrogen) atoms. The van der Waals surface area contributed by atoms with Crippen molar-refractivity contribution >= 4 is 0 Å². The lowest BCUT2D eigenvalue weighted by Crippen LogP contribution is -2.37. The van der Waals surface area contributed by atoms with Gasteiger partial charge in [0.25, 0.3) is 0 Å². The van der Waals surface area contributed by atoms with Crippen molar-refractivity contribution in [2.45, 2.75) is 39.3 Å². The van der Waals surface area contributed by atoms with E-state index in [-0.39, 0.29) is 0 Å². The molecule has 1 atom stereocenters. The topological polar surface area (TPSA) is 35.9 Å². The number of aromatic hydroxyl groups is 1. The molecule has 0 aromatic heterocycles. The largest absolute Gasteiger partial charge is 0.507 e. The summed E-state index contributed by atoms with van der Waals surface area (Å²) in [6, 6.07) is 6.19. The quantitative estimate of drug-likeness (QED) is 0.905. The van der Waals surface area contributed by atoms with Crippen molar-refractivity contribution in [3.63, 3.8) is 0 Å². The van der Waals surface area contributed by atoms with Crippen LogP contribution in [-0.4, -0.2) is 54.2 Å². The predicted octanol–water partition coefficient (Wildman–Crippen LogP) is 2.71. The second-order valence-electron chi connectivity index (χ2n) is 6.07. The van der Waals surface area contributed by atoms with Gasteiger partial charge in [-0.1, -0.05) is 13.0 Å². The van der Waals surface area contributed by atoms with Gasteiger partial charge in [-0.25, -0.2) is 0 Å². The minimum absolute atomic E-state index is 0.341. The Morgan fingerprint density at radius 2 is 2.14 bits per heavy atom. The molecule has 4 heteroatoms. The Hall–Kier alpha value is -1.26. The number of rotatable bonds is 5. The second-order valence-corrected chi connectivity index (χ2v) is 6.07. The van der Waals surface area contributed by atoms with Crippen LogP contribution in [0.1, 0.15) is 32.3 Å². The van der Waals surface area contributed by atoms with Gasteiger partial charge < -0.3 is 14.7 Å². The molecule has 1 aliphatic rings. The normalized spacial score (nSPS) is 21.2. The van der Waals surface area contributed by atoms with E-state index in [1.54, 1.807) is 6.07 Å². The lowest BCUT2D eigenvalue weighted by Gasteiger charge is -2.28. The minimum Gasteiger partial charge on any atom is -0.507 e. The maximum absolute atomic E-state index is 10.2. The van der Waals surface area contributed by atoms with Crippen molar-refractivity contribution in [1.82, 2.24) is 9.80 Å². The summed E-state index contributed by atoms with van der Waals surface area (Å²) in [6.45, 7) is 9.14. The molecule has 0 saturated carbocycles. The van der Waals surface area contributed by atoms with Gasteiger partial charge in [0, 0.05) is 37.3 Å². The summed E-state index contributed by atoms with van der Waals surface area (Å²) in [7, 11) is 2.18. The van der Waals surface area contributed by atoms with Crippen LogP contribution in [0.4, 0.5) is 0 Å². The number of ether oxygens (including phenoxy) is 1. The van der Waals surface area contributed by atoms with E-state index in [9.17, 15) is 5.11 Å². The molecule has 0 amide bonds. The Labute approximate surface area is 128 Å². The second kappa shape index (κ2) is 7.66. The van der Waals surface area contributed by atoms with Gasteiger partial charge in [-0.2, -0.15) is 0 Å². The van der Waals surface area contributed by atoms with E-state index in [2.05, 4.69) is 30.7 Å². The van der Waals surface area contributed by atoms with Gasteiger partial charge in [0.1, 0.15) is 11.5 Å². The lowest BCUT2D eigenvalue weighted by atomic mass is 10.1. The molecule has 1 N–H and O–H groups in total. The van der Waals surface area contributed by atoms with Crippen LogP contribution in [0.3, 0.4) is 0 Å². The zero-order chi connectivity index (χ0) is 15.2. The third kappa shape index (κ3) is 4.61. The van der Waals surface area contributed by atoms with Gasteiger partial charge in [-0.3, -0.25) is 4.90 Å². The van der Waals surface area contributed by atoms with Crippen molar-refractivity contribution in [3.05, 3.63) is 23.8 Å². The molecule has 1 unspecified atom stereocenters. The number of hydrogen-bond donors (Lipinski definition) is 1. The van der Waals surface area contributed by atoms with Gasteiger partial charge in [-0.05, 0) is 39.4 Å². The van der Waals surface area contributed by atoms with E-state index in [4.69, 9.17) is 4.74 Å². The first-order valence-electron chi connectivity index (χ1n) is 7.97. The van der Waals surface area contributed by atoms with Crippen LogP contribution in [0.2, 0.25) is 0 Å². The van der Waals surface area contributed by atoms with Gasteiger partial charge in [-0.15, -0.1) is 0 Å². The van der Waals surface area contributed by atoms with Crippen molar-refractivity contribution in [2.75, 3.05) is 33.3 Å². The zero-order valence-electron chi connectivity index (χ0n) is 13.5. The lowest BCUT2D eigenvalue weighted by molar-refractivity contribution is 0.192. The van der Waals surface area contributed by atoms with Gasteiger partial charge in [0.05, 0.1) is 6.61 Å². The summed E-state index contributed by atoms with van der Waals surface area (Å²) in [6.07, 6.45) is 2.15. The summed E-state index contributed by atoms with van der Waals surface area (Å²) in [5.41, 5.74) is 0.982. The van der Waals surface area contributed by atoms with E-state index in [1.807, 2.05) is 12.1 Å². The fourth-order valence-electron chi connectivity index (χ4n) is 2.86. The molecular formula is C17H28N2O2. The maximum Gasteiger partial charge on any atom is 0.123 e. The number of nitrogens with zero attached hydrogens (tertiary/aromatic N) is 2. The Morgan fingerprint density at radius 3 is 2.86 bits per heavy atom. The molecule has 1 aromatic rings. The molecule has 4 nitrogen and oxygen atoms in total. The average molecular weight is 292 g/mol. The number of phenols is 1. The molecular weight excluding hydrogens is 264 g/mol. The first-order valence-corrected chi connectivity index (χ1v) is 7.97. The summed E-state index contributed by atoms with van der Waals surface area (Å²) < 4.78 is 5.56. The summed E-state index contributed by atoms with van der Waals surface area (Å²) >= 11 is 0. The van der Waals surface area contributed by atoms with Gasteiger partial charge in [0.2, 0.25) is 0 Å². The molecule has 2 rings (SSSR count). The van der Waals surface area contributed by atoms with Crippen LogP contribution in [0.15, 0.2) is 18.2 Å². The monoisotopic (exact) mass is 292 g/mol. The van der Waals surface area contributed by atoms with Crippen LogP contribution in [-0.2, 0) is 6.54 Å². The number of benzene rings is 1. The number of hydrogen-bond acceptors (Lipinski definition) is 4. The minimum atomic E-state index is 0.341. The molecule has 1 aromatic carbocycles. The molecule has 0 bridgehead atoms. The van der Waals surface area contributed by atoms with E-state index < -0.39 is 0 Å². The van der Waals surface area contributed by atoms with Crippen LogP contribution in [0.25, 0.3) is 0 Å². The van der Waals surface area contributed by atoms with Crippen LogP contribution >= 0.6 is 0 Å². The van der Waals surface area contributed by atoms with Crippen LogP contribution in [0.5, 0.6) is 11.5 Å². The smallest absolute Gasteiger partial charge is 0.123 e. The summed E-state index contributed by atoms with van der Waals surface area (Å²) in [4.78, 5) is 4.83. The third-order valence-electron chi connectivity index (χ3n) is 4.09. The van der Waals surface area contributed by atoms with E-state index >= 15 is 0 Å². The zero-order valence-corrected chi connectivity index (χ0v) is 13.5. The van der Waals surface area contributed by atoms with Crippen LogP contribution in [0, 0.1) is 0 Å². The van der Waals surface area contributed by atoms with Crippen LogP contribution < -0.4 is 4.74 Å². The molecule has 1 fully saturated rings. The first-order chi connectivity index (χ1) is 10.1. The highest BCUT2D eigenvalue weighted by atomic mass is 16.5. The van der Waals surface area contributed by atoms with Gasteiger partial charge >= 0.3 is 0 Å². The maximum atomic E-state index is 10.2. The number of likely N-dealkylation sites (N-methyl/N-ethyl adjacent to an activating group) is 1. The van der Waals surface area contributed by atoms with Gasteiger partial charge in [0.15, 0.2) is 0 Å². The molecule has 1 heterocycles. The third-order valence-corrected chi connectivity index (χ3v) is 4.09. The first kappa shape index (κ1) is 16.1. The number of phenolic OH excluding ortho intramolecular Hbond substituents is 1. The molecule has 0 aliphatic carbocycles. The Balaban J connectivity index is 2.01. The van der Waals surface area contributed by atoms with E-state index in [0.717, 1.165) is 43.9 Å². The summed E-state index contributed by atoms with van der Waals surface area (Å²) in [5, 5.41) is 10.2. The van der Waals surface area contributed by atoms with E-state index in [1.165, 1.54) is 6.42 Å². The fourth-order valence-corrected chi connectivity index (χ4v) is 2.86. The molecule has 0 radical (unpaired) electrons. The van der Waals surface area contributed by atoms with E-state index in [0.29, 0.717) is 18.4 Å². The molecule has 1 saturated heterocycles. The standard InChI is InChI=1S/C17H28N2O2/c1-4-10-21-16-7-6-15(17(20)11-16)13-19-9-5-8-18(3)12-14(19)2/h6-7,11,14,20H,4-5,8-10,12-13H2,1-3H3. The highest BCUT2D eigenvalue weighted by molar-refractivity contribution is 5.39. The molecule has 0 spiro atoms. The fraction of sp³-hybridized carbons (Fsp3) is 0.647. The van der Waals surface area contributed by atoms with Crippen molar-refractivity contribution in [1.29, 1.82) is 0 Å². The highest BCUT2D eigenvalue weighted by Crippen LogP contribution is 2.26. The summed E-state index contributed by atoms with van der Waals surface area (Å²) in [5.74, 6) is 1.09. The highest BCUT2D eigenvalue weighted by Gasteiger charge is 2.20. The van der Waals surface area contributed by atoms with Crippen molar-refractivity contribution < 1.29 is 9.84 Å². The molecule has 1 aliphatic heterocycles. The Bertz CT molecular complexity index is 450. The van der Waals surface area contributed by atoms with Crippen molar-refractivity contribution in [2.24, 2.45) is 0 Å². The SMILES string of the molecule is CCCOc1ccc(CN2CCCN(C)CC2C)c(O)c1. The Kier molecular flexibility index (Phi) is 5.88. The molecule has 118 valence electrons.